The number of anilines is 2. The molecule has 8 atom stereocenters. The number of hydrogen-bond acceptors (Lipinski definition) is 20. The zero-order chi connectivity index (χ0) is 58.0. The van der Waals surface area contributed by atoms with Gasteiger partial charge in [-0.2, -0.15) is 0 Å². The predicted octanol–water partition coefficient (Wildman–Crippen LogP) is 5.57. The molecule has 9 rings (SSSR count). The number of aromatic nitrogens is 3. The second kappa shape index (κ2) is 21.3. The Morgan fingerprint density at radius 1 is 0.588 bits per heavy atom. The number of amides is 2. The van der Waals surface area contributed by atoms with E-state index in [-0.39, 0.29) is 72.8 Å². The molecule has 2 aliphatic rings. The molecule has 2 saturated heterocycles. The minimum Gasteiger partial charge on any atom is -0.505 e. The number of methoxy groups -OCH3 is 2. The van der Waals surface area contributed by atoms with Crippen molar-refractivity contribution in [3.63, 3.8) is 0 Å². The number of aryl methyl sites for hydroxylation is 4. The lowest BCUT2D eigenvalue weighted by Crippen LogP contribution is -2.65. The number of esters is 2. The highest BCUT2D eigenvalue weighted by Gasteiger charge is 2.55. The molecule has 0 spiro atoms. The van der Waals surface area contributed by atoms with Gasteiger partial charge in [-0.25, -0.2) is 19.2 Å². The van der Waals surface area contributed by atoms with Crippen LogP contribution in [0.2, 0.25) is 0 Å². The van der Waals surface area contributed by atoms with E-state index in [1.165, 1.54) is 71.4 Å². The maximum Gasteiger partial charge on any atom is 0.364 e. The van der Waals surface area contributed by atoms with Crippen LogP contribution in [0.15, 0.2) is 73.2 Å². The maximum atomic E-state index is 13.8. The lowest BCUT2D eigenvalue weighted by Gasteiger charge is -2.47. The van der Waals surface area contributed by atoms with Crippen molar-refractivity contribution in [3.8, 4) is 23.0 Å². The van der Waals surface area contributed by atoms with E-state index < -0.39 is 118 Å². The van der Waals surface area contributed by atoms with Gasteiger partial charge in [0.1, 0.15) is 64.2 Å². The number of aliphatic hydroxyl groups excluding tert-OH is 2. The fraction of sp³-hybridized carbons (Fsp3) is 0.382. The third-order valence-electron chi connectivity index (χ3n) is 14.2. The molecule has 0 aliphatic carbocycles. The Kier molecular flexibility index (Phi) is 15.0. The molecule has 80 heavy (non-hydrogen) atoms. The molecule has 5 aromatic heterocycles. The molecule has 25 nitrogen and oxygen atoms in total. The third kappa shape index (κ3) is 10.2. The largest absolute Gasteiger partial charge is 0.505 e. The highest BCUT2D eigenvalue weighted by atomic mass is 16.7. The van der Waals surface area contributed by atoms with Gasteiger partial charge in [0.15, 0.2) is 35.1 Å². The first-order valence-corrected chi connectivity index (χ1v) is 25.0. The Hall–Kier alpha value is -8.46. The molecule has 25 heteroatoms. The molecule has 8 unspecified atom stereocenters. The molecule has 0 radical (unpaired) electrons. The second-order valence-corrected chi connectivity index (χ2v) is 20.5. The van der Waals surface area contributed by atoms with Crippen LogP contribution in [0.25, 0.3) is 21.9 Å². The number of fused-ring (bicyclic) bond motifs is 2. The molecule has 7 heterocycles. The molecule has 0 saturated carbocycles. The Labute approximate surface area is 454 Å². The van der Waals surface area contributed by atoms with E-state index in [1.54, 1.807) is 53.7 Å². The van der Waals surface area contributed by atoms with Crippen molar-refractivity contribution < 1.29 is 86.3 Å². The molecule has 2 aromatic carbocycles. The van der Waals surface area contributed by atoms with Gasteiger partial charge < -0.3 is 92.7 Å². The van der Waals surface area contributed by atoms with Gasteiger partial charge in [-0.05, 0) is 116 Å². The first-order valence-electron chi connectivity index (χ1n) is 25.0. The SMILES string of the molecule is COC1C(O)C(OC(=O)c2ccc(C)[nH]2)C(Oc2ccc3c(O)c(NC(=O)c4c[nH]c(C(=O)Nc5c(O)c6ccc(OC7OC(C)(C)C(OC)C(O)C7OC(=O)c7ccc(C)[nH]7)c(C)c6oc5=O)c4C)c(=O)oc3c2C)OC1(C)C. The van der Waals surface area contributed by atoms with Gasteiger partial charge in [0.25, 0.3) is 11.8 Å². The summed E-state index contributed by atoms with van der Waals surface area (Å²) in [6, 6.07) is 11.9. The number of aliphatic hydroxyl groups is 2. The lowest BCUT2D eigenvalue weighted by atomic mass is 9.89. The molecule has 2 fully saturated rings. The Morgan fingerprint density at radius 3 is 1.39 bits per heavy atom. The standard InChI is InChI=1S/C55H59N5O20/c1-21-12-16-29(57-21)48(67)77-42-38(63)44(71-10)54(6,7)79-52(42)73-31-18-14-26-36(61)34(50(69)75-40(26)24(31)4)59-46(65)28-20-56-33(23(28)3)47(66)60-35-37(62)27-15-19-32(25(5)41(27)76-51(35)70)74-53-43(39(64)45(72-11)55(8,9)80-53)78-49(68)30-17-13-22(2)58-30/h12-20,38-39,42-45,52-53,56-58,61-64H,1-11H3,(H,59,65)(H,60,66). The minimum atomic E-state index is -1.43. The fourth-order valence-corrected chi connectivity index (χ4v) is 10.0. The molecular formula is C55H59N5O20. The summed E-state index contributed by atoms with van der Waals surface area (Å²) in [5.74, 6) is -4.83. The molecular weight excluding hydrogens is 1050 g/mol. The van der Waals surface area contributed by atoms with E-state index in [0.717, 1.165) is 6.20 Å². The lowest BCUT2D eigenvalue weighted by molar-refractivity contribution is -0.305. The minimum absolute atomic E-state index is 0.0219. The first kappa shape index (κ1) is 56.3. The third-order valence-corrected chi connectivity index (χ3v) is 14.2. The first-order chi connectivity index (χ1) is 37.7. The summed E-state index contributed by atoms with van der Waals surface area (Å²) in [5, 5.41) is 50.3. The highest BCUT2D eigenvalue weighted by molar-refractivity contribution is 6.12. The quantitative estimate of drug-likeness (QED) is 0.0474. The van der Waals surface area contributed by atoms with Crippen LogP contribution in [-0.2, 0) is 28.4 Å². The summed E-state index contributed by atoms with van der Waals surface area (Å²) >= 11 is 0. The van der Waals surface area contributed by atoms with Crippen LogP contribution in [-0.4, -0.2) is 134 Å². The number of carbonyl (C=O) groups excluding carboxylic acids is 4. The van der Waals surface area contributed by atoms with Crippen molar-refractivity contribution in [3.05, 3.63) is 126 Å². The second-order valence-electron chi connectivity index (χ2n) is 20.5. The highest BCUT2D eigenvalue weighted by Crippen LogP contribution is 2.41. The van der Waals surface area contributed by atoms with Crippen LogP contribution in [0.4, 0.5) is 11.4 Å². The molecule has 7 aromatic rings. The number of H-pyrrole nitrogens is 3. The van der Waals surface area contributed by atoms with Crippen molar-refractivity contribution in [2.45, 2.75) is 123 Å². The number of carbonyl (C=O) groups is 4. The molecule has 424 valence electrons. The van der Waals surface area contributed by atoms with Crippen LogP contribution in [0, 0.1) is 34.6 Å². The Balaban J connectivity index is 0.911. The number of aromatic hydroxyl groups is 2. The Bertz CT molecular complexity index is 3480. The van der Waals surface area contributed by atoms with E-state index in [2.05, 4.69) is 25.6 Å². The molecule has 2 amide bonds. The average Bonchev–Trinajstić information content (AvgIpc) is 4.15. The maximum absolute atomic E-state index is 13.8. The number of hydrogen-bond donors (Lipinski definition) is 9. The number of rotatable bonds is 14. The number of aromatic amines is 3. The van der Waals surface area contributed by atoms with E-state index >= 15 is 0 Å². The predicted molar refractivity (Wildman–Crippen MR) is 281 cm³/mol. The molecule has 2 aliphatic heterocycles. The number of benzene rings is 2. The van der Waals surface area contributed by atoms with Crippen LogP contribution >= 0.6 is 0 Å². The van der Waals surface area contributed by atoms with Crippen molar-refractivity contribution in [2.24, 2.45) is 0 Å². The number of nitrogens with one attached hydrogen (secondary N) is 5. The van der Waals surface area contributed by atoms with Crippen molar-refractivity contribution in [1.82, 2.24) is 15.0 Å². The summed E-state index contributed by atoms with van der Waals surface area (Å²) < 4.78 is 58.5. The van der Waals surface area contributed by atoms with Crippen molar-refractivity contribution >= 4 is 57.1 Å². The summed E-state index contributed by atoms with van der Waals surface area (Å²) in [7, 11) is 2.74. The van der Waals surface area contributed by atoms with Crippen LogP contribution in [0.1, 0.15) is 97.6 Å². The van der Waals surface area contributed by atoms with E-state index in [9.17, 15) is 49.2 Å². The molecule has 0 bridgehead atoms. The van der Waals surface area contributed by atoms with Gasteiger partial charge in [0, 0.05) is 42.9 Å². The van der Waals surface area contributed by atoms with Crippen LogP contribution in [0.3, 0.4) is 0 Å². The van der Waals surface area contributed by atoms with Crippen molar-refractivity contribution in [2.75, 3.05) is 24.9 Å². The van der Waals surface area contributed by atoms with Gasteiger partial charge >= 0.3 is 23.2 Å². The number of ether oxygens (including phenoxy) is 8. The normalized spacial score (nSPS) is 22.4. The summed E-state index contributed by atoms with van der Waals surface area (Å²) in [6.07, 6.45) is -9.35. The van der Waals surface area contributed by atoms with Crippen molar-refractivity contribution in [1.29, 1.82) is 0 Å². The van der Waals surface area contributed by atoms with Gasteiger partial charge in [-0.15, -0.1) is 0 Å². The monoisotopic (exact) mass is 1110 g/mol. The average molecular weight is 1110 g/mol. The van der Waals surface area contributed by atoms with Crippen LogP contribution in [0.5, 0.6) is 23.0 Å². The fourth-order valence-electron chi connectivity index (χ4n) is 10.0. The van der Waals surface area contributed by atoms with Crippen LogP contribution < -0.4 is 31.4 Å². The van der Waals surface area contributed by atoms with E-state index in [4.69, 9.17) is 46.7 Å². The zero-order valence-corrected chi connectivity index (χ0v) is 45.1. The van der Waals surface area contributed by atoms with Gasteiger partial charge in [-0.1, -0.05) is 0 Å². The van der Waals surface area contributed by atoms with Gasteiger partial charge in [-0.3, -0.25) is 9.59 Å². The van der Waals surface area contributed by atoms with Gasteiger partial charge in [0.2, 0.25) is 12.6 Å². The zero-order valence-electron chi connectivity index (χ0n) is 45.1. The van der Waals surface area contributed by atoms with E-state index in [0.29, 0.717) is 11.4 Å². The summed E-state index contributed by atoms with van der Waals surface area (Å²) in [4.78, 5) is 89.3. The molecule has 9 N–H and O–H groups in total. The summed E-state index contributed by atoms with van der Waals surface area (Å²) in [6.45, 7) is 14.5. The topological polar surface area (TPSA) is 355 Å². The summed E-state index contributed by atoms with van der Waals surface area (Å²) in [5.41, 5.74) is -4.73. The Morgan fingerprint density at radius 2 is 1.00 bits per heavy atom. The van der Waals surface area contributed by atoms with E-state index in [1.807, 2.05) is 0 Å². The van der Waals surface area contributed by atoms with Gasteiger partial charge in [0.05, 0.1) is 27.5 Å². The smallest absolute Gasteiger partial charge is 0.364 e.